The first-order valence-electron chi connectivity index (χ1n) is 8.57. The van der Waals surface area contributed by atoms with Crippen molar-refractivity contribution in [3.8, 4) is 17.2 Å². The standard InChI is InChI=1S/C20H19N3O3S/c21-9-12-2-1-3-13(6-12)15-7-16-18(14-4-5-27(25,26)11-14)10-23-19(16)17(8-15)20(22)24/h1-3,6-8,10,14,23,25-26H,4-5,11H2,(H2,22,24). The van der Waals surface area contributed by atoms with Crippen molar-refractivity contribution in [2.24, 2.45) is 5.73 Å². The zero-order valence-electron chi connectivity index (χ0n) is 14.5. The van der Waals surface area contributed by atoms with Crippen LogP contribution in [0.3, 0.4) is 0 Å². The van der Waals surface area contributed by atoms with Gasteiger partial charge in [0.15, 0.2) is 0 Å². The molecule has 1 amide bonds. The van der Waals surface area contributed by atoms with E-state index in [1.807, 2.05) is 18.3 Å². The summed E-state index contributed by atoms with van der Waals surface area (Å²) in [7, 11) is -2.53. The van der Waals surface area contributed by atoms with Gasteiger partial charge in [0, 0.05) is 29.0 Å². The van der Waals surface area contributed by atoms with Gasteiger partial charge >= 0.3 is 0 Å². The van der Waals surface area contributed by atoms with E-state index in [2.05, 4.69) is 11.1 Å². The number of rotatable bonds is 3. The van der Waals surface area contributed by atoms with Gasteiger partial charge in [-0.2, -0.15) is 15.9 Å². The molecule has 1 unspecified atom stereocenters. The number of fused-ring (bicyclic) bond motifs is 1. The van der Waals surface area contributed by atoms with E-state index in [1.165, 1.54) is 0 Å². The quantitative estimate of drug-likeness (QED) is 0.546. The Hall–Kier alpha value is -2.79. The third-order valence-corrected chi connectivity index (χ3v) is 6.94. The number of nitriles is 1. The summed E-state index contributed by atoms with van der Waals surface area (Å²) >= 11 is 0. The molecule has 5 N–H and O–H groups in total. The first-order chi connectivity index (χ1) is 12.9. The topological polar surface area (TPSA) is 123 Å². The molecule has 0 spiro atoms. The van der Waals surface area contributed by atoms with Crippen molar-refractivity contribution in [3.05, 3.63) is 59.3 Å². The highest BCUT2D eigenvalue weighted by Crippen LogP contribution is 2.52. The van der Waals surface area contributed by atoms with E-state index in [4.69, 9.17) is 11.0 Å². The van der Waals surface area contributed by atoms with E-state index in [0.29, 0.717) is 34.6 Å². The molecule has 4 rings (SSSR count). The fourth-order valence-corrected chi connectivity index (χ4v) is 5.60. The number of aromatic nitrogens is 1. The highest BCUT2D eigenvalue weighted by Gasteiger charge is 2.31. The molecule has 7 heteroatoms. The normalized spacial score (nSPS) is 19.7. The minimum Gasteiger partial charge on any atom is -0.366 e. The Balaban J connectivity index is 1.90. The van der Waals surface area contributed by atoms with E-state index in [0.717, 1.165) is 22.1 Å². The van der Waals surface area contributed by atoms with Crippen LogP contribution >= 0.6 is 10.6 Å². The van der Waals surface area contributed by atoms with Gasteiger partial charge in [-0.15, -0.1) is 0 Å². The Kier molecular flexibility index (Phi) is 4.19. The van der Waals surface area contributed by atoms with Crippen LogP contribution in [-0.4, -0.2) is 31.5 Å². The van der Waals surface area contributed by atoms with Crippen LogP contribution in [0.2, 0.25) is 0 Å². The number of nitrogens with zero attached hydrogens (tertiary/aromatic N) is 1. The molecule has 1 fully saturated rings. The molecule has 0 radical (unpaired) electrons. The number of hydrogen-bond donors (Lipinski definition) is 4. The highest BCUT2D eigenvalue weighted by molar-refractivity contribution is 8.24. The summed E-state index contributed by atoms with van der Waals surface area (Å²) < 4.78 is 20.0. The summed E-state index contributed by atoms with van der Waals surface area (Å²) in [5, 5.41) is 10.0. The van der Waals surface area contributed by atoms with Gasteiger partial charge in [-0.3, -0.25) is 13.9 Å². The lowest BCUT2D eigenvalue weighted by molar-refractivity contribution is 0.100. The van der Waals surface area contributed by atoms with Gasteiger partial charge in [0.25, 0.3) is 5.91 Å². The van der Waals surface area contributed by atoms with Gasteiger partial charge in [0.2, 0.25) is 0 Å². The van der Waals surface area contributed by atoms with Crippen molar-refractivity contribution in [1.29, 1.82) is 5.26 Å². The number of hydrogen-bond acceptors (Lipinski definition) is 4. The van der Waals surface area contributed by atoms with Crippen LogP contribution < -0.4 is 5.73 Å². The van der Waals surface area contributed by atoms with E-state index < -0.39 is 16.5 Å². The van der Waals surface area contributed by atoms with Crippen molar-refractivity contribution in [2.45, 2.75) is 12.3 Å². The molecule has 3 aromatic rings. The molecule has 27 heavy (non-hydrogen) atoms. The molecule has 0 aliphatic carbocycles. The summed E-state index contributed by atoms with van der Waals surface area (Å²) in [6, 6.07) is 13.0. The number of benzene rings is 2. The van der Waals surface area contributed by atoms with Crippen molar-refractivity contribution in [1.82, 2.24) is 4.98 Å². The number of H-pyrrole nitrogens is 1. The van der Waals surface area contributed by atoms with Crippen LogP contribution in [0.25, 0.3) is 22.0 Å². The smallest absolute Gasteiger partial charge is 0.250 e. The number of nitrogens with one attached hydrogen (secondary N) is 1. The largest absolute Gasteiger partial charge is 0.366 e. The van der Waals surface area contributed by atoms with E-state index >= 15 is 0 Å². The van der Waals surface area contributed by atoms with Crippen molar-refractivity contribution in [2.75, 3.05) is 11.5 Å². The number of amides is 1. The van der Waals surface area contributed by atoms with Gasteiger partial charge < -0.3 is 10.7 Å². The molecule has 6 nitrogen and oxygen atoms in total. The average molecular weight is 381 g/mol. The molecular weight excluding hydrogens is 362 g/mol. The summed E-state index contributed by atoms with van der Waals surface area (Å²) in [6.07, 6.45) is 2.52. The minimum absolute atomic E-state index is 0.0187. The lowest BCUT2D eigenvalue weighted by atomic mass is 9.93. The maximum Gasteiger partial charge on any atom is 0.250 e. The van der Waals surface area contributed by atoms with Gasteiger partial charge in [-0.25, -0.2) is 0 Å². The van der Waals surface area contributed by atoms with Crippen LogP contribution in [0.4, 0.5) is 0 Å². The molecule has 1 aliphatic rings. The lowest BCUT2D eigenvalue weighted by Gasteiger charge is -2.26. The van der Waals surface area contributed by atoms with Crippen LogP contribution in [0.1, 0.15) is 33.8 Å². The van der Waals surface area contributed by atoms with Gasteiger partial charge in [0.05, 0.1) is 22.7 Å². The summed E-state index contributed by atoms with van der Waals surface area (Å²) in [4.78, 5) is 15.2. The zero-order valence-corrected chi connectivity index (χ0v) is 15.3. The van der Waals surface area contributed by atoms with E-state index in [9.17, 15) is 13.9 Å². The fraction of sp³-hybridized carbons (Fsp3) is 0.200. The number of nitrogens with two attached hydrogens (primary N) is 1. The van der Waals surface area contributed by atoms with Gasteiger partial charge in [-0.05, 0) is 47.4 Å². The van der Waals surface area contributed by atoms with Crippen molar-refractivity contribution >= 4 is 27.4 Å². The maximum absolute atomic E-state index is 12.0. The van der Waals surface area contributed by atoms with Crippen LogP contribution in [0, 0.1) is 11.3 Å². The second-order valence-electron chi connectivity index (χ2n) is 6.91. The zero-order chi connectivity index (χ0) is 19.2. The second-order valence-corrected chi connectivity index (χ2v) is 9.25. The Morgan fingerprint density at radius 2 is 2.07 bits per heavy atom. The third-order valence-electron chi connectivity index (χ3n) is 5.11. The number of aromatic amines is 1. The molecule has 1 aromatic heterocycles. The van der Waals surface area contributed by atoms with Crippen molar-refractivity contribution < 1.29 is 13.9 Å². The Labute approximate surface area is 158 Å². The first-order valence-corrected chi connectivity index (χ1v) is 10.5. The molecule has 138 valence electrons. The molecule has 0 bridgehead atoms. The van der Waals surface area contributed by atoms with E-state index in [-0.39, 0.29) is 5.92 Å². The Morgan fingerprint density at radius 3 is 2.74 bits per heavy atom. The highest BCUT2D eigenvalue weighted by atomic mass is 32.3. The molecule has 2 aromatic carbocycles. The summed E-state index contributed by atoms with van der Waals surface area (Å²) in [5.41, 5.74) is 9.74. The number of carbonyl (C=O) groups excluding carboxylic acids is 1. The first kappa shape index (κ1) is 17.6. The molecule has 1 saturated heterocycles. The maximum atomic E-state index is 12.0. The number of primary amides is 1. The van der Waals surface area contributed by atoms with Gasteiger partial charge in [0.1, 0.15) is 0 Å². The fourth-order valence-electron chi connectivity index (χ4n) is 3.79. The second kappa shape index (κ2) is 6.43. The summed E-state index contributed by atoms with van der Waals surface area (Å²) in [5.74, 6) is 0.212. The van der Waals surface area contributed by atoms with Crippen LogP contribution in [0.5, 0.6) is 0 Å². The SMILES string of the molecule is N#Cc1cccc(-c2cc(C(N)=O)c3[nH]cc(C4CCS(O)(O)C4)c3c2)c1. The molecule has 1 atom stereocenters. The molecule has 0 saturated carbocycles. The average Bonchev–Trinajstić information content (AvgIpc) is 3.23. The van der Waals surface area contributed by atoms with Crippen LogP contribution in [0.15, 0.2) is 42.6 Å². The number of carbonyl (C=O) groups is 1. The van der Waals surface area contributed by atoms with Gasteiger partial charge in [-0.1, -0.05) is 12.1 Å². The summed E-state index contributed by atoms with van der Waals surface area (Å²) in [6.45, 7) is 0. The Bertz CT molecular complexity index is 1100. The molecular formula is C20H19N3O3S. The van der Waals surface area contributed by atoms with Crippen LogP contribution in [-0.2, 0) is 0 Å². The van der Waals surface area contributed by atoms with E-state index in [1.54, 1.807) is 24.3 Å². The lowest BCUT2D eigenvalue weighted by Crippen LogP contribution is -2.11. The predicted octanol–water partition coefficient (Wildman–Crippen LogP) is 4.04. The molecule has 1 aliphatic heterocycles. The molecule has 2 heterocycles. The Morgan fingerprint density at radius 1 is 1.26 bits per heavy atom. The third kappa shape index (κ3) is 3.19. The predicted molar refractivity (Wildman–Crippen MR) is 107 cm³/mol. The minimum atomic E-state index is -2.53. The van der Waals surface area contributed by atoms with Crippen molar-refractivity contribution in [3.63, 3.8) is 0 Å². The monoisotopic (exact) mass is 381 g/mol.